The van der Waals surface area contributed by atoms with Gasteiger partial charge in [-0.05, 0) is 39.7 Å². The summed E-state index contributed by atoms with van der Waals surface area (Å²) >= 11 is 0. The van der Waals surface area contributed by atoms with Crippen molar-refractivity contribution >= 4 is 6.01 Å². The molecule has 0 saturated carbocycles. The van der Waals surface area contributed by atoms with E-state index in [0.717, 1.165) is 32.4 Å². The van der Waals surface area contributed by atoms with Crippen molar-refractivity contribution in [3.63, 3.8) is 0 Å². The first-order valence-electron chi connectivity index (χ1n) is 7.02. The van der Waals surface area contributed by atoms with E-state index >= 15 is 0 Å². The highest BCUT2D eigenvalue weighted by molar-refractivity contribution is 5.20. The first-order chi connectivity index (χ1) is 9.09. The molecule has 19 heavy (non-hydrogen) atoms. The van der Waals surface area contributed by atoms with Crippen molar-refractivity contribution in [3.8, 4) is 0 Å². The Kier molecular flexibility index (Phi) is 4.76. The molecular formula is C13H24N4O2. The third kappa shape index (κ3) is 4.47. The van der Waals surface area contributed by atoms with Crippen LogP contribution in [0, 0.1) is 0 Å². The lowest BCUT2D eigenvalue weighted by atomic mass is 9.94. The predicted octanol–water partition coefficient (Wildman–Crippen LogP) is 1.94. The summed E-state index contributed by atoms with van der Waals surface area (Å²) in [6.07, 6.45) is 3.00. The number of hydrogen-bond donors (Lipinski definition) is 2. The van der Waals surface area contributed by atoms with Crippen LogP contribution in [0.5, 0.6) is 0 Å². The normalized spacial score (nSPS) is 22.4. The summed E-state index contributed by atoms with van der Waals surface area (Å²) in [4.78, 5) is 0. The standard InChI is InChI=1S/C13H24N4O2/c1-4-6-14-9-11-16-17-12(19-11)15-10-5-7-18-13(2,3)8-10/h10,14H,4-9H2,1-3H3,(H,15,17). The second kappa shape index (κ2) is 6.34. The van der Waals surface area contributed by atoms with Gasteiger partial charge in [0.25, 0.3) is 0 Å². The molecule has 1 aliphatic heterocycles. The van der Waals surface area contributed by atoms with Gasteiger partial charge in [0, 0.05) is 12.6 Å². The van der Waals surface area contributed by atoms with E-state index < -0.39 is 0 Å². The molecule has 1 atom stereocenters. The van der Waals surface area contributed by atoms with Crippen LogP contribution in [-0.2, 0) is 11.3 Å². The molecule has 1 aromatic rings. The van der Waals surface area contributed by atoms with Gasteiger partial charge in [-0.25, -0.2) is 0 Å². The smallest absolute Gasteiger partial charge is 0.315 e. The molecule has 1 unspecified atom stereocenters. The van der Waals surface area contributed by atoms with Crippen molar-refractivity contribution in [2.24, 2.45) is 0 Å². The Labute approximate surface area is 114 Å². The van der Waals surface area contributed by atoms with Crippen LogP contribution in [-0.4, -0.2) is 35.0 Å². The molecule has 0 radical (unpaired) electrons. The Morgan fingerprint density at radius 1 is 1.37 bits per heavy atom. The summed E-state index contributed by atoms with van der Waals surface area (Å²) in [5.41, 5.74) is -0.0819. The molecule has 0 amide bonds. The molecule has 2 heterocycles. The van der Waals surface area contributed by atoms with Gasteiger partial charge >= 0.3 is 6.01 Å². The Hall–Kier alpha value is -1.14. The monoisotopic (exact) mass is 268 g/mol. The molecule has 0 spiro atoms. The summed E-state index contributed by atoms with van der Waals surface area (Å²) in [6.45, 7) is 8.69. The van der Waals surface area contributed by atoms with Crippen molar-refractivity contribution in [1.82, 2.24) is 15.5 Å². The molecule has 108 valence electrons. The molecule has 1 aromatic heterocycles. The van der Waals surface area contributed by atoms with Gasteiger partial charge in [0.2, 0.25) is 5.89 Å². The van der Waals surface area contributed by atoms with E-state index in [1.807, 2.05) is 0 Å². The lowest BCUT2D eigenvalue weighted by Crippen LogP contribution is -2.40. The van der Waals surface area contributed by atoms with Crippen LogP contribution in [0.15, 0.2) is 4.42 Å². The predicted molar refractivity (Wildman–Crippen MR) is 73.0 cm³/mol. The zero-order valence-electron chi connectivity index (χ0n) is 12.0. The van der Waals surface area contributed by atoms with Gasteiger partial charge in [0.1, 0.15) is 0 Å². The summed E-state index contributed by atoms with van der Waals surface area (Å²) in [6, 6.07) is 0.844. The fourth-order valence-corrected chi connectivity index (χ4v) is 2.29. The third-order valence-electron chi connectivity index (χ3n) is 3.19. The second-order valence-corrected chi connectivity index (χ2v) is 5.62. The van der Waals surface area contributed by atoms with Gasteiger partial charge in [-0.15, -0.1) is 5.10 Å². The number of nitrogens with one attached hydrogen (secondary N) is 2. The zero-order chi connectivity index (χ0) is 13.7. The van der Waals surface area contributed by atoms with Gasteiger partial charge in [-0.2, -0.15) is 0 Å². The van der Waals surface area contributed by atoms with E-state index in [2.05, 4.69) is 41.6 Å². The van der Waals surface area contributed by atoms with Crippen molar-refractivity contribution < 1.29 is 9.15 Å². The van der Waals surface area contributed by atoms with Crippen LogP contribution in [0.4, 0.5) is 6.01 Å². The molecular weight excluding hydrogens is 244 g/mol. The minimum absolute atomic E-state index is 0.0819. The average Bonchev–Trinajstić information content (AvgIpc) is 2.76. The first-order valence-corrected chi connectivity index (χ1v) is 7.02. The lowest BCUT2D eigenvalue weighted by molar-refractivity contribution is -0.0555. The SMILES string of the molecule is CCCNCc1nnc(NC2CCOC(C)(C)C2)o1. The van der Waals surface area contributed by atoms with Crippen LogP contribution in [0.1, 0.15) is 45.9 Å². The summed E-state index contributed by atoms with van der Waals surface area (Å²) in [7, 11) is 0. The van der Waals surface area contributed by atoms with Crippen molar-refractivity contribution in [2.45, 2.75) is 58.2 Å². The van der Waals surface area contributed by atoms with E-state index in [1.165, 1.54) is 0 Å². The van der Waals surface area contributed by atoms with E-state index in [-0.39, 0.29) is 5.60 Å². The van der Waals surface area contributed by atoms with Gasteiger partial charge < -0.3 is 19.8 Å². The maximum absolute atomic E-state index is 5.69. The minimum atomic E-state index is -0.0819. The Balaban J connectivity index is 1.82. The fraction of sp³-hybridized carbons (Fsp3) is 0.846. The largest absolute Gasteiger partial charge is 0.407 e. The Morgan fingerprint density at radius 3 is 2.95 bits per heavy atom. The molecule has 0 aromatic carbocycles. The molecule has 6 heteroatoms. The van der Waals surface area contributed by atoms with Crippen LogP contribution >= 0.6 is 0 Å². The number of ether oxygens (including phenoxy) is 1. The maximum atomic E-state index is 5.69. The van der Waals surface area contributed by atoms with E-state index in [9.17, 15) is 0 Å². The topological polar surface area (TPSA) is 72.2 Å². The molecule has 0 bridgehead atoms. The van der Waals surface area contributed by atoms with Gasteiger partial charge in [-0.1, -0.05) is 12.0 Å². The lowest BCUT2D eigenvalue weighted by Gasteiger charge is -2.35. The molecule has 1 fully saturated rings. The minimum Gasteiger partial charge on any atom is -0.407 e. The quantitative estimate of drug-likeness (QED) is 0.768. The van der Waals surface area contributed by atoms with Crippen molar-refractivity contribution in [2.75, 3.05) is 18.5 Å². The number of rotatable bonds is 6. The van der Waals surface area contributed by atoms with Crippen LogP contribution in [0.2, 0.25) is 0 Å². The first kappa shape index (κ1) is 14.3. The maximum Gasteiger partial charge on any atom is 0.315 e. The van der Waals surface area contributed by atoms with E-state index in [1.54, 1.807) is 0 Å². The van der Waals surface area contributed by atoms with Crippen molar-refractivity contribution in [3.05, 3.63) is 5.89 Å². The number of hydrogen-bond acceptors (Lipinski definition) is 6. The third-order valence-corrected chi connectivity index (χ3v) is 3.19. The molecule has 2 N–H and O–H groups in total. The molecule has 6 nitrogen and oxygen atoms in total. The number of aromatic nitrogens is 2. The molecule has 2 rings (SSSR count). The van der Waals surface area contributed by atoms with Gasteiger partial charge in [-0.3, -0.25) is 0 Å². The highest BCUT2D eigenvalue weighted by Crippen LogP contribution is 2.25. The average molecular weight is 268 g/mol. The van der Waals surface area contributed by atoms with E-state index in [0.29, 0.717) is 24.5 Å². The second-order valence-electron chi connectivity index (χ2n) is 5.62. The molecule has 1 aliphatic rings. The number of anilines is 1. The fourth-order valence-electron chi connectivity index (χ4n) is 2.29. The Bertz CT molecular complexity index is 392. The molecule has 1 saturated heterocycles. The van der Waals surface area contributed by atoms with Crippen LogP contribution in [0.25, 0.3) is 0 Å². The van der Waals surface area contributed by atoms with Crippen LogP contribution < -0.4 is 10.6 Å². The van der Waals surface area contributed by atoms with Gasteiger partial charge in [0.05, 0.1) is 12.1 Å². The molecule has 0 aliphatic carbocycles. The van der Waals surface area contributed by atoms with Gasteiger partial charge in [0.15, 0.2) is 0 Å². The van der Waals surface area contributed by atoms with Crippen molar-refractivity contribution in [1.29, 1.82) is 0 Å². The number of nitrogens with zero attached hydrogens (tertiary/aromatic N) is 2. The highest BCUT2D eigenvalue weighted by Gasteiger charge is 2.29. The summed E-state index contributed by atoms with van der Waals surface area (Å²) in [5.74, 6) is 0.627. The van der Waals surface area contributed by atoms with Crippen LogP contribution in [0.3, 0.4) is 0 Å². The zero-order valence-corrected chi connectivity index (χ0v) is 12.0. The summed E-state index contributed by atoms with van der Waals surface area (Å²) in [5, 5.41) is 14.6. The Morgan fingerprint density at radius 2 is 2.21 bits per heavy atom. The van der Waals surface area contributed by atoms with E-state index in [4.69, 9.17) is 9.15 Å². The highest BCUT2D eigenvalue weighted by atomic mass is 16.5. The summed E-state index contributed by atoms with van der Waals surface area (Å²) < 4.78 is 11.3.